The van der Waals surface area contributed by atoms with Crippen molar-refractivity contribution in [1.29, 1.82) is 0 Å². The average Bonchev–Trinajstić information content (AvgIpc) is 2.84. The number of non-ortho nitro benzene ring substituents is 2. The molecule has 0 bridgehead atoms. The zero-order valence-corrected chi connectivity index (χ0v) is 15.0. The average molecular weight is 428 g/mol. The van der Waals surface area contributed by atoms with E-state index < -0.39 is 51.2 Å². The highest BCUT2D eigenvalue weighted by atomic mass is 32.2. The van der Waals surface area contributed by atoms with E-state index >= 15 is 0 Å². The lowest BCUT2D eigenvalue weighted by Crippen LogP contribution is -2.02. The van der Waals surface area contributed by atoms with Crippen LogP contribution in [0.15, 0.2) is 46.2 Å². The van der Waals surface area contributed by atoms with Gasteiger partial charge in [-0.1, -0.05) is 0 Å². The summed E-state index contributed by atoms with van der Waals surface area (Å²) in [5, 5.41) is 21.7. The molecule has 1 aliphatic heterocycles. The summed E-state index contributed by atoms with van der Waals surface area (Å²) >= 11 is 0. The van der Waals surface area contributed by atoms with E-state index in [2.05, 4.69) is 0 Å². The molecule has 2 aromatic carbocycles. The van der Waals surface area contributed by atoms with Crippen molar-refractivity contribution < 1.29 is 35.4 Å². The van der Waals surface area contributed by atoms with Crippen LogP contribution in [0.3, 0.4) is 0 Å². The molecule has 0 spiro atoms. The molecule has 0 aromatic heterocycles. The third-order valence-corrected chi connectivity index (χ3v) is 5.87. The van der Waals surface area contributed by atoms with E-state index in [0.717, 1.165) is 36.4 Å². The van der Waals surface area contributed by atoms with Crippen molar-refractivity contribution in [3.8, 4) is 0 Å². The van der Waals surface area contributed by atoms with Crippen LogP contribution in [0.1, 0.15) is 11.1 Å². The molecule has 0 atom stereocenters. The predicted molar refractivity (Wildman–Crippen MR) is 92.1 cm³/mol. The minimum absolute atomic E-state index is 0.0785. The molecule has 1 heterocycles. The molecular formula is C14H8N2O10S2. The van der Waals surface area contributed by atoms with Crippen molar-refractivity contribution in [2.24, 2.45) is 0 Å². The quantitative estimate of drug-likeness (QED) is 0.327. The first-order valence-corrected chi connectivity index (χ1v) is 9.96. The molecule has 0 aliphatic carbocycles. The Labute approximate surface area is 156 Å². The lowest BCUT2D eigenvalue weighted by atomic mass is 10.1. The van der Waals surface area contributed by atoms with Gasteiger partial charge in [0.25, 0.3) is 21.5 Å². The van der Waals surface area contributed by atoms with E-state index in [1.807, 2.05) is 0 Å². The predicted octanol–water partition coefficient (Wildman–Crippen LogP) is 1.97. The SMILES string of the molecule is O=[N+]([O-])c1ccc(C=C2OS(=O)(=O)c3cc([N+](=O)[O-])ccc32)c(S(=O)(=O)O)c1. The maximum Gasteiger partial charge on any atom is 0.340 e. The monoisotopic (exact) mass is 428 g/mol. The number of hydrogen-bond acceptors (Lipinski definition) is 9. The summed E-state index contributed by atoms with van der Waals surface area (Å²) in [5.74, 6) is -0.372. The Morgan fingerprint density at radius 3 is 2.14 bits per heavy atom. The number of benzene rings is 2. The van der Waals surface area contributed by atoms with Crippen molar-refractivity contribution in [1.82, 2.24) is 0 Å². The van der Waals surface area contributed by atoms with Crippen molar-refractivity contribution in [2.75, 3.05) is 0 Å². The van der Waals surface area contributed by atoms with Crippen LogP contribution in [-0.2, 0) is 24.4 Å². The number of hydrogen-bond donors (Lipinski definition) is 1. The van der Waals surface area contributed by atoms with Gasteiger partial charge in [-0.05, 0) is 23.8 Å². The Bertz CT molecular complexity index is 1280. The third kappa shape index (κ3) is 3.42. The number of rotatable bonds is 4. The van der Waals surface area contributed by atoms with Gasteiger partial charge in [0, 0.05) is 29.8 Å². The van der Waals surface area contributed by atoms with Gasteiger partial charge in [-0.3, -0.25) is 24.8 Å². The molecule has 3 rings (SSSR count). The highest BCUT2D eigenvalue weighted by Crippen LogP contribution is 2.39. The largest absolute Gasteiger partial charge is 0.378 e. The molecule has 1 N–H and O–H groups in total. The maximum absolute atomic E-state index is 12.1. The summed E-state index contributed by atoms with van der Waals surface area (Å²) in [6.45, 7) is 0. The van der Waals surface area contributed by atoms with Gasteiger partial charge in [-0.25, -0.2) is 0 Å². The zero-order valence-electron chi connectivity index (χ0n) is 13.4. The molecule has 0 fully saturated rings. The van der Waals surface area contributed by atoms with E-state index in [0.29, 0.717) is 6.07 Å². The van der Waals surface area contributed by atoms with Crippen LogP contribution >= 0.6 is 0 Å². The second-order valence-electron chi connectivity index (χ2n) is 5.44. The normalized spacial score (nSPS) is 16.4. The summed E-state index contributed by atoms with van der Waals surface area (Å²) in [5.41, 5.74) is -1.48. The van der Waals surface area contributed by atoms with E-state index in [9.17, 15) is 41.6 Å². The molecule has 0 radical (unpaired) electrons. The Morgan fingerprint density at radius 1 is 1.00 bits per heavy atom. The zero-order chi connectivity index (χ0) is 20.9. The van der Waals surface area contributed by atoms with Crippen LogP contribution in [-0.4, -0.2) is 31.2 Å². The highest BCUT2D eigenvalue weighted by molar-refractivity contribution is 7.87. The Hall–Kier alpha value is -3.36. The molecule has 0 unspecified atom stereocenters. The summed E-state index contributed by atoms with van der Waals surface area (Å²) in [7, 11) is -9.29. The fourth-order valence-electron chi connectivity index (χ4n) is 2.47. The van der Waals surface area contributed by atoms with E-state index in [-0.39, 0.29) is 16.9 Å². The highest BCUT2D eigenvalue weighted by Gasteiger charge is 2.34. The van der Waals surface area contributed by atoms with Gasteiger partial charge in [0.2, 0.25) is 0 Å². The molecule has 146 valence electrons. The summed E-state index contributed by atoms with van der Waals surface area (Å²) in [6.07, 6.45) is 0.933. The molecular weight excluding hydrogens is 420 g/mol. The first-order valence-electron chi connectivity index (χ1n) is 7.11. The van der Waals surface area contributed by atoms with Gasteiger partial charge in [0.15, 0.2) is 5.76 Å². The van der Waals surface area contributed by atoms with Crippen LogP contribution < -0.4 is 0 Å². The van der Waals surface area contributed by atoms with Gasteiger partial charge in [0.05, 0.1) is 9.85 Å². The fraction of sp³-hybridized carbons (Fsp3) is 0. The number of nitro benzene ring substituents is 2. The Kier molecular flexibility index (Phi) is 4.41. The minimum Gasteiger partial charge on any atom is -0.378 e. The smallest absolute Gasteiger partial charge is 0.340 e. The second kappa shape index (κ2) is 6.36. The van der Waals surface area contributed by atoms with Gasteiger partial charge >= 0.3 is 10.1 Å². The first kappa shape index (κ1) is 19.4. The number of fused-ring (bicyclic) bond motifs is 1. The molecule has 2 aromatic rings. The van der Waals surface area contributed by atoms with Crippen LogP contribution in [0.2, 0.25) is 0 Å². The summed E-state index contributed by atoms with van der Waals surface area (Å²) in [4.78, 5) is 18.6. The molecule has 0 saturated heterocycles. The summed E-state index contributed by atoms with van der Waals surface area (Å²) < 4.78 is 61.5. The van der Waals surface area contributed by atoms with Crippen LogP contribution in [0, 0.1) is 20.2 Å². The maximum atomic E-state index is 12.1. The lowest BCUT2D eigenvalue weighted by Gasteiger charge is -2.04. The summed E-state index contributed by atoms with van der Waals surface area (Å²) in [6, 6.07) is 5.43. The van der Waals surface area contributed by atoms with Gasteiger partial charge in [0.1, 0.15) is 9.79 Å². The first-order chi connectivity index (χ1) is 12.9. The van der Waals surface area contributed by atoms with Crippen LogP contribution in [0.25, 0.3) is 11.8 Å². The Balaban J connectivity index is 2.22. The topological polar surface area (TPSA) is 184 Å². The van der Waals surface area contributed by atoms with Crippen molar-refractivity contribution in [2.45, 2.75) is 9.79 Å². The van der Waals surface area contributed by atoms with Crippen molar-refractivity contribution in [3.05, 3.63) is 67.8 Å². The molecule has 0 amide bonds. The van der Waals surface area contributed by atoms with Crippen molar-refractivity contribution in [3.63, 3.8) is 0 Å². The Morgan fingerprint density at radius 2 is 1.57 bits per heavy atom. The van der Waals surface area contributed by atoms with Crippen molar-refractivity contribution >= 4 is 43.4 Å². The molecule has 28 heavy (non-hydrogen) atoms. The number of nitro groups is 2. The van der Waals surface area contributed by atoms with Crippen LogP contribution in [0.4, 0.5) is 11.4 Å². The van der Waals surface area contributed by atoms with E-state index in [1.165, 1.54) is 0 Å². The standard InChI is InChI=1S/C14H8N2O10S2/c17-15(18)9-2-1-8(13(6-9)27(21,22)23)5-12-11-4-3-10(16(19)20)7-14(11)28(24,25)26-12/h1-7H,(H,21,22,23). The van der Waals surface area contributed by atoms with Crippen LogP contribution in [0.5, 0.6) is 0 Å². The third-order valence-electron chi connectivity index (χ3n) is 3.68. The van der Waals surface area contributed by atoms with Gasteiger partial charge < -0.3 is 4.18 Å². The number of nitrogens with zero attached hydrogens (tertiary/aromatic N) is 2. The second-order valence-corrected chi connectivity index (χ2v) is 8.34. The minimum atomic E-state index is -4.90. The molecule has 0 saturated carbocycles. The fourth-order valence-corrected chi connectivity index (χ4v) is 4.33. The molecule has 1 aliphatic rings. The molecule has 14 heteroatoms. The van der Waals surface area contributed by atoms with Gasteiger partial charge in [-0.2, -0.15) is 16.8 Å². The van der Waals surface area contributed by atoms with E-state index in [1.54, 1.807) is 0 Å². The van der Waals surface area contributed by atoms with Gasteiger partial charge in [-0.15, -0.1) is 0 Å². The lowest BCUT2D eigenvalue weighted by molar-refractivity contribution is -0.385. The van der Waals surface area contributed by atoms with E-state index in [4.69, 9.17) is 4.18 Å². The molecule has 12 nitrogen and oxygen atoms in total.